The number of carbonyl (C=O) groups is 1. The molecule has 4 rings (SSSR count). The number of piperidine rings is 1. The van der Waals surface area contributed by atoms with Crippen LogP contribution < -0.4 is 15.4 Å². The first-order chi connectivity index (χ1) is 16.8. The molecule has 3 aromatic rings. The topological polar surface area (TPSA) is 87.3 Å². The highest BCUT2D eigenvalue weighted by Gasteiger charge is 2.30. The Morgan fingerprint density at radius 2 is 1.49 bits per heavy atom. The van der Waals surface area contributed by atoms with Gasteiger partial charge in [0.25, 0.3) is 0 Å². The minimum Gasteiger partial charge on any atom is -0.355 e. The molecule has 1 fully saturated rings. The fraction of sp³-hybridized carbons (Fsp3) is 0.269. The Balaban J connectivity index is 1.40. The smallest absolute Gasteiger partial charge is 0.240 e. The second-order valence-electron chi connectivity index (χ2n) is 8.63. The summed E-state index contributed by atoms with van der Waals surface area (Å²) in [6, 6.07) is 23.8. The molecule has 0 aliphatic carbocycles. The van der Waals surface area contributed by atoms with E-state index < -0.39 is 16.1 Å². The monoisotopic (exact) mass is 531 g/mol. The molecule has 1 aliphatic rings. The minimum absolute atomic E-state index is 0.00450. The molecule has 0 aromatic heterocycles. The summed E-state index contributed by atoms with van der Waals surface area (Å²) < 4.78 is 28.4. The van der Waals surface area contributed by atoms with Crippen LogP contribution >= 0.6 is 23.2 Å². The summed E-state index contributed by atoms with van der Waals surface area (Å²) in [5, 5.41) is 6.74. The van der Waals surface area contributed by atoms with E-state index in [-0.39, 0.29) is 32.7 Å². The molecule has 0 saturated carbocycles. The van der Waals surface area contributed by atoms with Gasteiger partial charge in [-0.3, -0.25) is 4.79 Å². The van der Waals surface area contributed by atoms with Crippen LogP contribution in [0, 0.1) is 5.92 Å². The molecule has 3 aromatic carbocycles. The summed E-state index contributed by atoms with van der Waals surface area (Å²) >= 11 is 11.9. The van der Waals surface area contributed by atoms with Crippen LogP contribution in [-0.2, 0) is 14.8 Å². The summed E-state index contributed by atoms with van der Waals surface area (Å²) in [5.41, 5.74) is 2.23. The van der Waals surface area contributed by atoms with Gasteiger partial charge in [0.05, 0.1) is 10.8 Å². The van der Waals surface area contributed by atoms with Crippen molar-refractivity contribution in [2.45, 2.75) is 23.3 Å². The lowest BCUT2D eigenvalue weighted by Crippen LogP contribution is -2.52. The van der Waals surface area contributed by atoms with Gasteiger partial charge >= 0.3 is 0 Å². The highest BCUT2D eigenvalue weighted by molar-refractivity contribution is 7.89. The lowest BCUT2D eigenvalue weighted by molar-refractivity contribution is -0.125. The van der Waals surface area contributed by atoms with Gasteiger partial charge in [-0.25, -0.2) is 13.1 Å². The first kappa shape index (κ1) is 25.7. The molecule has 1 heterocycles. The number of sulfonamides is 1. The summed E-state index contributed by atoms with van der Waals surface area (Å²) in [6.45, 7) is 1.35. The van der Waals surface area contributed by atoms with Gasteiger partial charge in [-0.1, -0.05) is 83.9 Å². The quantitative estimate of drug-likeness (QED) is 0.406. The standard InChI is InChI=1S/C26H27Cl2N3O3S/c27-21-12-22(28)14-24(13-21)35(33,34)31-23-11-20(15-29-16-23)26(32)30-17-25(18-7-3-1-4-8-18)19-9-5-2-6-10-19/h1-10,12-14,20,23,25,29,31H,11,15-17H2,(H,30,32)/t20-,23+/m0/s1. The predicted octanol–water partition coefficient (Wildman–Crippen LogP) is 4.20. The molecule has 0 radical (unpaired) electrons. The van der Waals surface area contributed by atoms with Crippen molar-refractivity contribution in [3.63, 3.8) is 0 Å². The van der Waals surface area contributed by atoms with Crippen LogP contribution in [0.25, 0.3) is 0 Å². The third-order valence-electron chi connectivity index (χ3n) is 6.07. The molecule has 2 atom stereocenters. The number of nitrogens with one attached hydrogen (secondary N) is 3. The summed E-state index contributed by atoms with van der Waals surface area (Å²) in [4.78, 5) is 13.1. The molecule has 0 spiro atoms. The van der Waals surface area contributed by atoms with Crippen LogP contribution in [0.5, 0.6) is 0 Å². The zero-order valence-electron chi connectivity index (χ0n) is 19.0. The molecule has 0 bridgehead atoms. The minimum atomic E-state index is -3.84. The lowest BCUT2D eigenvalue weighted by atomic mass is 9.90. The maximum absolute atomic E-state index is 13.1. The number of hydrogen-bond acceptors (Lipinski definition) is 4. The summed E-state index contributed by atoms with van der Waals surface area (Å²) in [7, 11) is -3.84. The van der Waals surface area contributed by atoms with E-state index in [0.717, 1.165) is 11.1 Å². The second-order valence-corrected chi connectivity index (χ2v) is 11.2. The first-order valence-corrected chi connectivity index (χ1v) is 13.6. The molecule has 184 valence electrons. The number of hydrogen-bond donors (Lipinski definition) is 3. The average molecular weight is 532 g/mol. The van der Waals surface area contributed by atoms with E-state index in [9.17, 15) is 13.2 Å². The second kappa shape index (κ2) is 11.5. The van der Waals surface area contributed by atoms with Gasteiger partial charge in [0.2, 0.25) is 15.9 Å². The van der Waals surface area contributed by atoms with Crippen molar-refractivity contribution >= 4 is 39.1 Å². The Labute approximate surface area is 216 Å². The van der Waals surface area contributed by atoms with Crippen molar-refractivity contribution in [3.8, 4) is 0 Å². The van der Waals surface area contributed by atoms with E-state index in [2.05, 4.69) is 39.6 Å². The number of amides is 1. The number of rotatable bonds is 8. The van der Waals surface area contributed by atoms with Crippen LogP contribution in [0.2, 0.25) is 10.0 Å². The van der Waals surface area contributed by atoms with E-state index in [1.54, 1.807) is 0 Å². The lowest BCUT2D eigenvalue weighted by Gasteiger charge is -2.30. The van der Waals surface area contributed by atoms with Gasteiger partial charge in [0, 0.05) is 41.6 Å². The Morgan fingerprint density at radius 1 is 0.914 bits per heavy atom. The molecular weight excluding hydrogens is 505 g/mol. The maximum Gasteiger partial charge on any atom is 0.240 e. The Morgan fingerprint density at radius 3 is 2.06 bits per heavy atom. The number of carbonyl (C=O) groups excluding carboxylic acids is 1. The largest absolute Gasteiger partial charge is 0.355 e. The van der Waals surface area contributed by atoms with Crippen molar-refractivity contribution < 1.29 is 13.2 Å². The molecule has 35 heavy (non-hydrogen) atoms. The fourth-order valence-electron chi connectivity index (χ4n) is 4.35. The number of benzene rings is 3. The number of halogens is 2. The maximum atomic E-state index is 13.1. The van der Waals surface area contributed by atoms with E-state index in [0.29, 0.717) is 26.1 Å². The van der Waals surface area contributed by atoms with E-state index >= 15 is 0 Å². The highest BCUT2D eigenvalue weighted by atomic mass is 35.5. The van der Waals surface area contributed by atoms with Crippen molar-refractivity contribution in [1.29, 1.82) is 0 Å². The van der Waals surface area contributed by atoms with Crippen molar-refractivity contribution in [2.75, 3.05) is 19.6 Å². The zero-order valence-corrected chi connectivity index (χ0v) is 21.3. The molecule has 0 unspecified atom stereocenters. The normalized spacial score (nSPS) is 18.4. The molecule has 3 N–H and O–H groups in total. The molecule has 9 heteroatoms. The van der Waals surface area contributed by atoms with Crippen LogP contribution in [0.1, 0.15) is 23.5 Å². The summed E-state index contributed by atoms with van der Waals surface area (Å²) in [6.07, 6.45) is 0.383. The van der Waals surface area contributed by atoms with Gasteiger partial charge in [-0.2, -0.15) is 0 Å². The third-order valence-corrected chi connectivity index (χ3v) is 8.01. The SMILES string of the molecule is O=C(NCC(c1ccccc1)c1ccccc1)[C@@H]1CNC[C@H](NS(=O)(=O)c2cc(Cl)cc(Cl)c2)C1. The van der Waals surface area contributed by atoms with E-state index in [1.807, 2.05) is 36.4 Å². The van der Waals surface area contributed by atoms with Crippen molar-refractivity contribution in [1.82, 2.24) is 15.4 Å². The Kier molecular flexibility index (Phi) is 8.46. The molecule has 1 aliphatic heterocycles. The summed E-state index contributed by atoms with van der Waals surface area (Å²) in [5.74, 6) is -0.463. The molecule has 6 nitrogen and oxygen atoms in total. The van der Waals surface area contributed by atoms with Gasteiger partial charge in [0.1, 0.15) is 0 Å². The Bertz CT molecular complexity index is 1200. The van der Waals surface area contributed by atoms with Crippen molar-refractivity contribution in [2.24, 2.45) is 5.92 Å². The van der Waals surface area contributed by atoms with Crippen LogP contribution in [0.4, 0.5) is 0 Å². The van der Waals surface area contributed by atoms with E-state index in [1.165, 1.54) is 18.2 Å². The molecule has 1 saturated heterocycles. The van der Waals surface area contributed by atoms with Crippen molar-refractivity contribution in [3.05, 3.63) is 100 Å². The highest BCUT2D eigenvalue weighted by Crippen LogP contribution is 2.25. The first-order valence-electron chi connectivity index (χ1n) is 11.4. The van der Waals surface area contributed by atoms with Crippen LogP contribution in [-0.4, -0.2) is 40.0 Å². The van der Waals surface area contributed by atoms with Crippen LogP contribution in [0.3, 0.4) is 0 Å². The van der Waals surface area contributed by atoms with Gasteiger partial charge in [-0.15, -0.1) is 0 Å². The fourth-order valence-corrected chi connectivity index (χ4v) is 6.32. The van der Waals surface area contributed by atoms with Gasteiger partial charge < -0.3 is 10.6 Å². The van der Waals surface area contributed by atoms with Crippen LogP contribution in [0.15, 0.2) is 83.8 Å². The third kappa shape index (κ3) is 6.84. The van der Waals surface area contributed by atoms with Gasteiger partial charge in [-0.05, 0) is 35.7 Å². The van der Waals surface area contributed by atoms with Gasteiger partial charge in [0.15, 0.2) is 0 Å². The predicted molar refractivity (Wildman–Crippen MR) is 139 cm³/mol. The zero-order chi connectivity index (χ0) is 24.8. The van der Waals surface area contributed by atoms with E-state index in [4.69, 9.17) is 23.2 Å². The Hall–Kier alpha value is -2.42. The average Bonchev–Trinajstić information content (AvgIpc) is 2.85. The molecular formula is C26H27Cl2N3O3S. The molecule has 1 amide bonds.